The zero-order valence-corrected chi connectivity index (χ0v) is 12.6. The normalized spacial score (nSPS) is 30.4. The van der Waals surface area contributed by atoms with Gasteiger partial charge >= 0.3 is 0 Å². The molecule has 3 rings (SSSR count). The molecule has 1 N–H and O–H groups in total. The highest BCUT2D eigenvalue weighted by atomic mass is 35.5. The molecule has 2 saturated heterocycles. The van der Waals surface area contributed by atoms with Crippen molar-refractivity contribution in [2.75, 3.05) is 11.5 Å². The third-order valence-corrected chi connectivity index (χ3v) is 5.81. The minimum Gasteiger partial charge on any atom is -0.296 e. The van der Waals surface area contributed by atoms with Crippen LogP contribution in [-0.2, 0) is 9.59 Å². The molecule has 0 bridgehead atoms. The Morgan fingerprint density at radius 1 is 1.25 bits per heavy atom. The number of halogens is 1. The Balaban J connectivity index is 2.01. The van der Waals surface area contributed by atoms with Gasteiger partial charge in [0.1, 0.15) is 0 Å². The van der Waals surface area contributed by atoms with Gasteiger partial charge in [-0.15, -0.1) is 0 Å². The summed E-state index contributed by atoms with van der Waals surface area (Å²) in [5, 5.41) is 3.15. The van der Waals surface area contributed by atoms with Crippen LogP contribution in [0.2, 0.25) is 5.02 Å². The van der Waals surface area contributed by atoms with Crippen LogP contribution in [-0.4, -0.2) is 23.3 Å². The summed E-state index contributed by atoms with van der Waals surface area (Å²) in [6.07, 6.45) is 2.45. The van der Waals surface area contributed by atoms with E-state index in [9.17, 15) is 9.59 Å². The van der Waals surface area contributed by atoms with Crippen molar-refractivity contribution in [3.8, 4) is 0 Å². The van der Waals surface area contributed by atoms with Crippen LogP contribution in [0.15, 0.2) is 24.3 Å². The van der Waals surface area contributed by atoms with Gasteiger partial charge in [0.25, 0.3) is 0 Å². The zero-order valence-electron chi connectivity index (χ0n) is 11.0. The molecular weight excluding hydrogens is 294 g/mol. The second-order valence-corrected chi connectivity index (χ2v) is 7.13. The number of imide groups is 1. The second-order valence-electron chi connectivity index (χ2n) is 5.59. The van der Waals surface area contributed by atoms with Gasteiger partial charge < -0.3 is 0 Å². The molecule has 106 valence electrons. The third kappa shape index (κ3) is 2.47. The number of carbonyl (C=O) groups excluding carboxylic acids is 2. The monoisotopic (exact) mass is 309 g/mol. The van der Waals surface area contributed by atoms with Crippen LogP contribution in [0.1, 0.15) is 30.7 Å². The third-order valence-electron chi connectivity index (χ3n) is 4.21. The van der Waals surface area contributed by atoms with Gasteiger partial charge in [-0.25, -0.2) is 0 Å². The van der Waals surface area contributed by atoms with Crippen molar-refractivity contribution in [3.05, 3.63) is 34.9 Å². The van der Waals surface area contributed by atoms with Gasteiger partial charge in [-0.3, -0.25) is 14.9 Å². The smallest absolute Gasteiger partial charge is 0.234 e. The summed E-state index contributed by atoms with van der Waals surface area (Å²) in [6.45, 7) is 0. The molecule has 1 aromatic rings. The van der Waals surface area contributed by atoms with E-state index in [-0.39, 0.29) is 23.1 Å². The van der Waals surface area contributed by atoms with Crippen LogP contribution in [0.25, 0.3) is 0 Å². The van der Waals surface area contributed by atoms with Crippen LogP contribution < -0.4 is 5.32 Å². The van der Waals surface area contributed by atoms with E-state index in [1.165, 1.54) is 0 Å². The number of carbonyl (C=O) groups is 2. The first-order chi connectivity index (χ1) is 9.61. The van der Waals surface area contributed by atoms with E-state index in [0.717, 1.165) is 29.9 Å². The van der Waals surface area contributed by atoms with Crippen molar-refractivity contribution < 1.29 is 9.59 Å². The Hall–Kier alpha value is -1.00. The Bertz CT molecular complexity index is 537. The van der Waals surface area contributed by atoms with Crippen LogP contribution in [0.4, 0.5) is 0 Å². The van der Waals surface area contributed by atoms with Crippen LogP contribution in [0, 0.1) is 5.41 Å². The first-order valence-corrected chi connectivity index (χ1v) is 8.31. The van der Waals surface area contributed by atoms with Crippen LogP contribution >= 0.6 is 23.4 Å². The summed E-state index contributed by atoms with van der Waals surface area (Å²) >= 11 is 7.78. The lowest BCUT2D eigenvalue weighted by Crippen LogP contribution is -2.52. The molecule has 0 aromatic heterocycles. The highest BCUT2D eigenvalue weighted by Crippen LogP contribution is 2.50. The Morgan fingerprint density at radius 3 is 2.65 bits per heavy atom. The van der Waals surface area contributed by atoms with E-state index in [0.29, 0.717) is 11.4 Å². The van der Waals surface area contributed by atoms with Gasteiger partial charge in [0.2, 0.25) is 11.8 Å². The van der Waals surface area contributed by atoms with E-state index in [1.807, 2.05) is 36.0 Å². The van der Waals surface area contributed by atoms with Gasteiger partial charge in [-0.1, -0.05) is 23.7 Å². The average molecular weight is 310 g/mol. The highest BCUT2D eigenvalue weighted by molar-refractivity contribution is 7.99. The van der Waals surface area contributed by atoms with E-state index in [2.05, 4.69) is 5.32 Å². The average Bonchev–Trinajstić information content (AvgIpc) is 2.41. The number of rotatable bonds is 1. The summed E-state index contributed by atoms with van der Waals surface area (Å²) < 4.78 is 0. The van der Waals surface area contributed by atoms with Gasteiger partial charge in [-0.2, -0.15) is 11.8 Å². The van der Waals surface area contributed by atoms with Crippen molar-refractivity contribution in [2.45, 2.75) is 25.2 Å². The van der Waals surface area contributed by atoms with Crippen molar-refractivity contribution >= 4 is 35.2 Å². The SMILES string of the molecule is O=C1CC2(CCCSC2)C(c2ccc(Cl)cc2)C(=O)N1. The number of nitrogens with one attached hydrogen (secondary N) is 1. The molecule has 0 aliphatic carbocycles. The fourth-order valence-electron chi connectivity index (χ4n) is 3.35. The van der Waals surface area contributed by atoms with Crippen molar-refractivity contribution in [1.82, 2.24) is 5.32 Å². The molecule has 0 saturated carbocycles. The molecule has 2 atom stereocenters. The van der Waals surface area contributed by atoms with Gasteiger partial charge in [0.15, 0.2) is 0 Å². The number of piperidine rings is 1. The van der Waals surface area contributed by atoms with Gasteiger partial charge in [-0.05, 0) is 36.3 Å². The zero-order chi connectivity index (χ0) is 14.2. The largest absolute Gasteiger partial charge is 0.296 e. The van der Waals surface area contributed by atoms with Crippen molar-refractivity contribution in [2.24, 2.45) is 5.41 Å². The molecule has 1 aromatic carbocycles. The lowest BCUT2D eigenvalue weighted by atomic mass is 9.66. The number of amides is 2. The molecule has 1 spiro atoms. The summed E-state index contributed by atoms with van der Waals surface area (Å²) in [5.41, 5.74) is 0.734. The molecule has 2 aliphatic rings. The molecule has 2 aliphatic heterocycles. The van der Waals surface area contributed by atoms with Crippen molar-refractivity contribution in [3.63, 3.8) is 0 Å². The van der Waals surface area contributed by atoms with Crippen LogP contribution in [0.3, 0.4) is 0 Å². The molecule has 20 heavy (non-hydrogen) atoms. The standard InChI is InChI=1S/C15H16ClNO2S/c16-11-4-2-10(3-5-11)13-14(19)17-12(18)8-15(13)6-1-7-20-9-15/h2-5,13H,1,6-9H2,(H,17,18,19). The number of benzene rings is 1. The Labute approximate surface area is 127 Å². The fraction of sp³-hybridized carbons (Fsp3) is 0.467. The summed E-state index contributed by atoms with van der Waals surface area (Å²) in [6, 6.07) is 7.43. The number of hydrogen-bond donors (Lipinski definition) is 1. The Kier molecular flexibility index (Phi) is 3.78. The predicted molar refractivity (Wildman–Crippen MR) is 81.0 cm³/mol. The molecule has 0 radical (unpaired) electrons. The first-order valence-electron chi connectivity index (χ1n) is 6.78. The molecule has 3 nitrogen and oxygen atoms in total. The predicted octanol–water partition coefficient (Wildman–Crippen LogP) is 2.98. The van der Waals surface area contributed by atoms with E-state index >= 15 is 0 Å². The van der Waals surface area contributed by atoms with Gasteiger partial charge in [0.05, 0.1) is 5.92 Å². The van der Waals surface area contributed by atoms with Crippen molar-refractivity contribution in [1.29, 1.82) is 0 Å². The molecule has 2 fully saturated rings. The number of hydrogen-bond acceptors (Lipinski definition) is 3. The number of thioether (sulfide) groups is 1. The first kappa shape index (κ1) is 14.0. The quantitative estimate of drug-likeness (QED) is 0.811. The summed E-state index contributed by atoms with van der Waals surface area (Å²) in [7, 11) is 0. The minimum atomic E-state index is -0.245. The van der Waals surface area contributed by atoms with Gasteiger partial charge in [0, 0.05) is 22.6 Å². The molecule has 2 heterocycles. The van der Waals surface area contributed by atoms with Crippen LogP contribution in [0.5, 0.6) is 0 Å². The summed E-state index contributed by atoms with van der Waals surface area (Å²) in [4.78, 5) is 24.2. The lowest BCUT2D eigenvalue weighted by Gasteiger charge is -2.45. The molecule has 2 unspecified atom stereocenters. The maximum atomic E-state index is 12.4. The second kappa shape index (κ2) is 5.41. The maximum Gasteiger partial charge on any atom is 0.234 e. The fourth-order valence-corrected chi connectivity index (χ4v) is 4.79. The summed E-state index contributed by atoms with van der Waals surface area (Å²) in [5.74, 6) is 1.45. The topological polar surface area (TPSA) is 46.2 Å². The van der Waals surface area contributed by atoms with E-state index < -0.39 is 0 Å². The lowest BCUT2D eigenvalue weighted by molar-refractivity contribution is -0.139. The maximum absolute atomic E-state index is 12.4. The molecule has 2 amide bonds. The highest BCUT2D eigenvalue weighted by Gasteiger charge is 2.49. The Morgan fingerprint density at radius 2 is 2.00 bits per heavy atom. The van der Waals surface area contributed by atoms with E-state index in [4.69, 9.17) is 11.6 Å². The molecular formula is C15H16ClNO2S. The van der Waals surface area contributed by atoms with E-state index in [1.54, 1.807) is 0 Å². The minimum absolute atomic E-state index is 0.136. The molecule has 5 heteroatoms.